The van der Waals surface area contributed by atoms with Gasteiger partial charge in [-0.1, -0.05) is 18.6 Å². The smallest absolute Gasteiger partial charge is 0.227 e. The third-order valence-electron chi connectivity index (χ3n) is 4.16. The topological polar surface area (TPSA) is 33.5 Å². The standard InChI is InChI=1S/C17H21NO2/c1-12-5-6-16-15(8-12)14(11-20-16)9-17(19)18-7-3-4-13(2)10-18/h5-6,8,11,13H,3-4,7,9-10H2,1-2H3. The van der Waals surface area contributed by atoms with E-state index in [9.17, 15) is 4.79 Å². The first-order chi connectivity index (χ1) is 9.63. The fourth-order valence-electron chi connectivity index (χ4n) is 3.02. The molecule has 2 heterocycles. The second-order valence-corrected chi connectivity index (χ2v) is 6.02. The van der Waals surface area contributed by atoms with E-state index in [1.165, 1.54) is 12.0 Å². The Hall–Kier alpha value is -1.77. The summed E-state index contributed by atoms with van der Waals surface area (Å²) in [4.78, 5) is 14.4. The number of rotatable bonds is 2. The molecule has 20 heavy (non-hydrogen) atoms. The third kappa shape index (κ3) is 2.58. The predicted molar refractivity (Wildman–Crippen MR) is 79.6 cm³/mol. The first kappa shape index (κ1) is 13.2. The normalized spacial score (nSPS) is 19.5. The maximum Gasteiger partial charge on any atom is 0.227 e. The molecule has 3 heteroatoms. The highest BCUT2D eigenvalue weighted by Crippen LogP contribution is 2.24. The van der Waals surface area contributed by atoms with Crippen molar-refractivity contribution < 1.29 is 9.21 Å². The molecule has 1 atom stereocenters. The molecule has 0 bridgehead atoms. The maximum absolute atomic E-state index is 12.4. The van der Waals surface area contributed by atoms with Crippen LogP contribution in [0.2, 0.25) is 0 Å². The van der Waals surface area contributed by atoms with E-state index in [4.69, 9.17) is 4.42 Å². The van der Waals surface area contributed by atoms with Crippen LogP contribution in [0, 0.1) is 12.8 Å². The quantitative estimate of drug-likeness (QED) is 0.837. The predicted octanol–water partition coefficient (Wildman–Crippen LogP) is 3.54. The van der Waals surface area contributed by atoms with Crippen molar-refractivity contribution in [2.45, 2.75) is 33.1 Å². The molecule has 1 fully saturated rings. The minimum atomic E-state index is 0.223. The Labute approximate surface area is 119 Å². The Kier molecular flexibility index (Phi) is 3.51. The molecule has 3 nitrogen and oxygen atoms in total. The van der Waals surface area contributed by atoms with Crippen LogP contribution in [0.3, 0.4) is 0 Å². The molecule has 1 unspecified atom stereocenters. The molecule has 1 saturated heterocycles. The van der Waals surface area contributed by atoms with Gasteiger partial charge in [-0.05, 0) is 37.8 Å². The zero-order valence-corrected chi connectivity index (χ0v) is 12.2. The van der Waals surface area contributed by atoms with E-state index in [0.717, 1.165) is 36.0 Å². The van der Waals surface area contributed by atoms with Gasteiger partial charge in [0.05, 0.1) is 12.7 Å². The molecule has 0 saturated carbocycles. The first-order valence-electron chi connectivity index (χ1n) is 7.38. The molecule has 1 aliphatic heterocycles. The third-order valence-corrected chi connectivity index (χ3v) is 4.16. The van der Waals surface area contributed by atoms with Crippen molar-refractivity contribution in [1.29, 1.82) is 0 Å². The largest absolute Gasteiger partial charge is 0.464 e. The van der Waals surface area contributed by atoms with Gasteiger partial charge < -0.3 is 9.32 Å². The molecule has 0 radical (unpaired) electrons. The fourth-order valence-corrected chi connectivity index (χ4v) is 3.02. The number of hydrogen-bond donors (Lipinski definition) is 0. The summed E-state index contributed by atoms with van der Waals surface area (Å²) in [6.07, 6.45) is 4.54. The molecule has 1 amide bonds. The van der Waals surface area contributed by atoms with E-state index in [2.05, 4.69) is 19.9 Å². The van der Waals surface area contributed by atoms with Crippen molar-refractivity contribution >= 4 is 16.9 Å². The van der Waals surface area contributed by atoms with E-state index in [1.807, 2.05) is 17.0 Å². The van der Waals surface area contributed by atoms with E-state index in [1.54, 1.807) is 6.26 Å². The van der Waals surface area contributed by atoms with Crippen LogP contribution < -0.4 is 0 Å². The van der Waals surface area contributed by atoms with Crippen molar-refractivity contribution in [2.24, 2.45) is 5.92 Å². The number of piperidine rings is 1. The lowest BCUT2D eigenvalue weighted by molar-refractivity contribution is -0.132. The number of carbonyl (C=O) groups is 1. The van der Waals surface area contributed by atoms with Crippen molar-refractivity contribution in [3.05, 3.63) is 35.6 Å². The van der Waals surface area contributed by atoms with Crippen LogP contribution in [0.15, 0.2) is 28.9 Å². The SMILES string of the molecule is Cc1ccc2occ(CC(=O)N3CCCC(C)C3)c2c1. The van der Waals surface area contributed by atoms with Gasteiger partial charge in [-0.25, -0.2) is 0 Å². The molecule has 1 aromatic carbocycles. The van der Waals surface area contributed by atoms with Gasteiger partial charge in [-0.15, -0.1) is 0 Å². The summed E-state index contributed by atoms with van der Waals surface area (Å²) in [6.45, 7) is 6.08. The van der Waals surface area contributed by atoms with Gasteiger partial charge >= 0.3 is 0 Å². The summed E-state index contributed by atoms with van der Waals surface area (Å²) in [5.74, 6) is 0.844. The van der Waals surface area contributed by atoms with Gasteiger partial charge in [0, 0.05) is 24.0 Å². The lowest BCUT2D eigenvalue weighted by Gasteiger charge is -2.30. The molecule has 106 valence electrons. The summed E-state index contributed by atoms with van der Waals surface area (Å²) >= 11 is 0. The molecule has 2 aromatic rings. The van der Waals surface area contributed by atoms with E-state index in [-0.39, 0.29) is 5.91 Å². The van der Waals surface area contributed by atoms with Crippen LogP contribution in [0.25, 0.3) is 11.0 Å². The lowest BCUT2D eigenvalue weighted by atomic mass is 9.99. The molecule has 1 aliphatic rings. The highest BCUT2D eigenvalue weighted by atomic mass is 16.3. The van der Waals surface area contributed by atoms with Crippen molar-refractivity contribution in [3.8, 4) is 0 Å². The van der Waals surface area contributed by atoms with E-state index < -0.39 is 0 Å². The molecule has 0 spiro atoms. The van der Waals surface area contributed by atoms with Crippen LogP contribution in [0.5, 0.6) is 0 Å². The Balaban J connectivity index is 1.78. The van der Waals surface area contributed by atoms with Gasteiger partial charge in [0.1, 0.15) is 5.58 Å². The van der Waals surface area contributed by atoms with Crippen molar-refractivity contribution in [2.75, 3.05) is 13.1 Å². The zero-order chi connectivity index (χ0) is 14.1. The molecule has 0 N–H and O–H groups in total. The highest BCUT2D eigenvalue weighted by Gasteiger charge is 2.22. The second-order valence-electron chi connectivity index (χ2n) is 6.02. The summed E-state index contributed by atoms with van der Waals surface area (Å²) < 4.78 is 5.54. The number of aryl methyl sites for hydroxylation is 1. The summed E-state index contributed by atoms with van der Waals surface area (Å²) in [5, 5.41) is 1.07. The summed E-state index contributed by atoms with van der Waals surface area (Å²) in [7, 11) is 0. The molecular weight excluding hydrogens is 250 g/mol. The Morgan fingerprint density at radius 1 is 1.45 bits per heavy atom. The monoisotopic (exact) mass is 271 g/mol. The number of nitrogens with zero attached hydrogens (tertiary/aromatic N) is 1. The van der Waals surface area contributed by atoms with Crippen LogP contribution in [0.1, 0.15) is 30.9 Å². The number of amides is 1. The van der Waals surface area contributed by atoms with Gasteiger partial charge in [-0.2, -0.15) is 0 Å². The molecule has 3 rings (SSSR count). The molecule has 0 aliphatic carbocycles. The first-order valence-corrected chi connectivity index (χ1v) is 7.38. The Morgan fingerprint density at radius 2 is 2.30 bits per heavy atom. The minimum Gasteiger partial charge on any atom is -0.464 e. The number of hydrogen-bond acceptors (Lipinski definition) is 2. The van der Waals surface area contributed by atoms with E-state index >= 15 is 0 Å². The van der Waals surface area contributed by atoms with Gasteiger partial charge in [0.25, 0.3) is 0 Å². The number of carbonyl (C=O) groups excluding carboxylic acids is 1. The zero-order valence-electron chi connectivity index (χ0n) is 12.2. The minimum absolute atomic E-state index is 0.223. The van der Waals surface area contributed by atoms with Gasteiger partial charge in [-0.3, -0.25) is 4.79 Å². The second kappa shape index (κ2) is 5.31. The van der Waals surface area contributed by atoms with Crippen molar-refractivity contribution in [1.82, 2.24) is 4.90 Å². The summed E-state index contributed by atoms with van der Waals surface area (Å²) in [5.41, 5.74) is 3.07. The van der Waals surface area contributed by atoms with Gasteiger partial charge in [0.2, 0.25) is 5.91 Å². The van der Waals surface area contributed by atoms with Crippen LogP contribution >= 0.6 is 0 Å². The summed E-state index contributed by atoms with van der Waals surface area (Å²) in [6, 6.07) is 6.10. The fraction of sp³-hybridized carbons (Fsp3) is 0.471. The number of likely N-dealkylation sites (tertiary alicyclic amines) is 1. The average Bonchev–Trinajstić information content (AvgIpc) is 2.81. The molecular formula is C17H21NO2. The van der Waals surface area contributed by atoms with Crippen molar-refractivity contribution in [3.63, 3.8) is 0 Å². The highest BCUT2D eigenvalue weighted by molar-refractivity contribution is 5.88. The number of fused-ring (bicyclic) bond motifs is 1. The van der Waals surface area contributed by atoms with Crippen LogP contribution in [0.4, 0.5) is 0 Å². The number of benzene rings is 1. The lowest BCUT2D eigenvalue weighted by Crippen LogP contribution is -2.39. The maximum atomic E-state index is 12.4. The Morgan fingerprint density at radius 3 is 3.10 bits per heavy atom. The van der Waals surface area contributed by atoms with Crippen LogP contribution in [-0.2, 0) is 11.2 Å². The number of furan rings is 1. The molecule has 1 aromatic heterocycles. The Bertz CT molecular complexity index is 629. The average molecular weight is 271 g/mol. The van der Waals surface area contributed by atoms with Gasteiger partial charge in [0.15, 0.2) is 0 Å². The van der Waals surface area contributed by atoms with Crippen LogP contribution in [-0.4, -0.2) is 23.9 Å². The van der Waals surface area contributed by atoms with E-state index in [0.29, 0.717) is 12.3 Å².